The number of hydrogen-bond acceptors (Lipinski definition) is 4. The Hall–Kier alpha value is -0.810. The summed E-state index contributed by atoms with van der Waals surface area (Å²) in [6, 6.07) is 0.0958. The van der Waals surface area contributed by atoms with Gasteiger partial charge in [0, 0.05) is 18.7 Å². The highest BCUT2D eigenvalue weighted by Crippen LogP contribution is 2.23. The van der Waals surface area contributed by atoms with Gasteiger partial charge in [-0.1, -0.05) is 0 Å². The van der Waals surface area contributed by atoms with Crippen molar-refractivity contribution >= 4 is 6.09 Å². The number of hydrogen-bond donors (Lipinski definition) is 3. The first kappa shape index (κ1) is 14.3. The number of carbonyl (C=O) groups excluding carboxylic acids is 1. The first-order chi connectivity index (χ1) is 7.81. The maximum absolute atomic E-state index is 11.6. The van der Waals surface area contributed by atoms with Gasteiger partial charge in [0.15, 0.2) is 0 Å². The van der Waals surface area contributed by atoms with Crippen molar-refractivity contribution in [3.8, 4) is 0 Å². The molecule has 1 aliphatic rings. The Kier molecular flexibility index (Phi) is 4.77. The zero-order chi connectivity index (χ0) is 13.1. The number of aliphatic hydroxyl groups is 1. The molecular formula is C12H24N2O3. The summed E-state index contributed by atoms with van der Waals surface area (Å²) in [6.45, 7) is 5.58. The molecule has 0 saturated heterocycles. The molecule has 0 unspecified atom stereocenters. The highest BCUT2D eigenvalue weighted by molar-refractivity contribution is 5.68. The van der Waals surface area contributed by atoms with Crippen LogP contribution in [0.25, 0.3) is 0 Å². The second-order valence-corrected chi connectivity index (χ2v) is 5.76. The van der Waals surface area contributed by atoms with Gasteiger partial charge >= 0.3 is 6.09 Å². The molecule has 0 bridgehead atoms. The third-order valence-corrected chi connectivity index (χ3v) is 3.00. The highest BCUT2D eigenvalue weighted by atomic mass is 16.6. The SMILES string of the molecule is CC(C)(C)OC(=O)N[C@@H]1CC[C@H](N)[C@H](CO)C1. The number of nitrogens with one attached hydrogen (secondary N) is 1. The van der Waals surface area contributed by atoms with E-state index in [1.807, 2.05) is 20.8 Å². The van der Waals surface area contributed by atoms with Gasteiger partial charge in [0.05, 0.1) is 0 Å². The number of amides is 1. The topological polar surface area (TPSA) is 84.6 Å². The molecule has 4 N–H and O–H groups in total. The van der Waals surface area contributed by atoms with E-state index in [0.717, 1.165) is 19.3 Å². The Balaban J connectivity index is 2.40. The van der Waals surface area contributed by atoms with Crippen molar-refractivity contribution in [2.45, 2.75) is 57.7 Å². The molecule has 17 heavy (non-hydrogen) atoms. The third-order valence-electron chi connectivity index (χ3n) is 3.00. The molecule has 1 rings (SSSR count). The minimum atomic E-state index is -0.481. The quantitative estimate of drug-likeness (QED) is 0.676. The summed E-state index contributed by atoms with van der Waals surface area (Å²) in [4.78, 5) is 11.6. The fourth-order valence-corrected chi connectivity index (χ4v) is 2.10. The fourth-order valence-electron chi connectivity index (χ4n) is 2.10. The largest absolute Gasteiger partial charge is 0.444 e. The van der Waals surface area contributed by atoms with Gasteiger partial charge in [0.25, 0.3) is 0 Å². The summed E-state index contributed by atoms with van der Waals surface area (Å²) < 4.78 is 5.19. The van der Waals surface area contributed by atoms with E-state index < -0.39 is 11.7 Å². The van der Waals surface area contributed by atoms with Crippen molar-refractivity contribution in [1.82, 2.24) is 5.32 Å². The lowest BCUT2D eigenvalue weighted by Gasteiger charge is -2.33. The van der Waals surface area contributed by atoms with E-state index in [1.165, 1.54) is 0 Å². The minimum Gasteiger partial charge on any atom is -0.444 e. The Bertz CT molecular complexity index is 263. The maximum Gasteiger partial charge on any atom is 0.407 e. The van der Waals surface area contributed by atoms with Crippen LogP contribution in [0.5, 0.6) is 0 Å². The molecule has 1 amide bonds. The first-order valence-corrected chi connectivity index (χ1v) is 6.18. The van der Waals surface area contributed by atoms with Gasteiger partial charge in [-0.05, 0) is 46.0 Å². The van der Waals surface area contributed by atoms with Gasteiger partial charge in [-0.15, -0.1) is 0 Å². The molecule has 0 aromatic carbocycles. The van der Waals surface area contributed by atoms with Crippen LogP contribution in [0.1, 0.15) is 40.0 Å². The molecule has 0 aliphatic heterocycles. The number of aliphatic hydroxyl groups excluding tert-OH is 1. The molecule has 0 aromatic heterocycles. The van der Waals surface area contributed by atoms with Crippen LogP contribution >= 0.6 is 0 Å². The van der Waals surface area contributed by atoms with Crippen molar-refractivity contribution < 1.29 is 14.6 Å². The second-order valence-electron chi connectivity index (χ2n) is 5.76. The minimum absolute atomic E-state index is 0.0386. The van der Waals surface area contributed by atoms with Gasteiger partial charge in [0.1, 0.15) is 5.60 Å². The molecule has 3 atom stereocenters. The molecule has 0 heterocycles. The van der Waals surface area contributed by atoms with Crippen LogP contribution in [0.3, 0.4) is 0 Å². The molecule has 1 fully saturated rings. The molecule has 5 nitrogen and oxygen atoms in total. The molecular weight excluding hydrogens is 220 g/mol. The van der Waals surface area contributed by atoms with Crippen LogP contribution in [-0.4, -0.2) is 35.5 Å². The van der Waals surface area contributed by atoms with Crippen molar-refractivity contribution in [1.29, 1.82) is 0 Å². The second kappa shape index (κ2) is 5.69. The van der Waals surface area contributed by atoms with Crippen LogP contribution in [0.15, 0.2) is 0 Å². The van der Waals surface area contributed by atoms with Crippen LogP contribution in [0.4, 0.5) is 4.79 Å². The number of nitrogens with two attached hydrogens (primary N) is 1. The van der Waals surface area contributed by atoms with Crippen LogP contribution in [0.2, 0.25) is 0 Å². The third kappa shape index (κ3) is 4.91. The lowest BCUT2D eigenvalue weighted by molar-refractivity contribution is 0.0468. The molecule has 5 heteroatoms. The van der Waals surface area contributed by atoms with E-state index in [0.29, 0.717) is 0 Å². The Labute approximate surface area is 103 Å². The Morgan fingerprint density at radius 3 is 2.65 bits per heavy atom. The lowest BCUT2D eigenvalue weighted by atomic mass is 9.82. The predicted octanol–water partition coefficient (Wildman–Crippen LogP) is 0.999. The standard InChI is InChI=1S/C12H24N2O3/c1-12(2,3)17-11(16)14-9-4-5-10(13)8(6-9)7-15/h8-10,15H,4-7,13H2,1-3H3,(H,14,16)/t8-,9+,10-/m0/s1. The molecule has 0 aromatic rings. The summed E-state index contributed by atoms with van der Waals surface area (Å²) in [6.07, 6.45) is 1.99. The lowest BCUT2D eigenvalue weighted by Crippen LogP contribution is -2.47. The maximum atomic E-state index is 11.6. The smallest absolute Gasteiger partial charge is 0.407 e. The van der Waals surface area contributed by atoms with Crippen LogP contribution < -0.4 is 11.1 Å². The number of ether oxygens (including phenoxy) is 1. The van der Waals surface area contributed by atoms with E-state index in [9.17, 15) is 9.90 Å². The zero-order valence-corrected chi connectivity index (χ0v) is 10.9. The Morgan fingerprint density at radius 1 is 1.47 bits per heavy atom. The summed E-state index contributed by atoms with van der Waals surface area (Å²) in [5, 5.41) is 12.0. The average molecular weight is 244 g/mol. The molecule has 100 valence electrons. The summed E-state index contributed by atoms with van der Waals surface area (Å²) in [5.74, 6) is 0.0729. The van der Waals surface area contributed by atoms with Gasteiger partial charge in [-0.3, -0.25) is 0 Å². The van der Waals surface area contributed by atoms with E-state index in [1.54, 1.807) is 0 Å². The number of rotatable bonds is 2. The number of carbonyl (C=O) groups is 1. The van der Waals surface area contributed by atoms with Gasteiger partial charge in [-0.2, -0.15) is 0 Å². The molecule has 1 aliphatic carbocycles. The first-order valence-electron chi connectivity index (χ1n) is 6.18. The summed E-state index contributed by atoms with van der Waals surface area (Å²) >= 11 is 0. The van der Waals surface area contributed by atoms with Gasteiger partial charge in [0.2, 0.25) is 0 Å². The summed E-state index contributed by atoms with van der Waals surface area (Å²) in [5.41, 5.74) is 5.40. The number of alkyl carbamates (subject to hydrolysis) is 1. The van der Waals surface area contributed by atoms with E-state index in [2.05, 4.69) is 5.32 Å². The van der Waals surface area contributed by atoms with E-state index in [-0.39, 0.29) is 24.6 Å². The Morgan fingerprint density at radius 2 is 2.12 bits per heavy atom. The zero-order valence-electron chi connectivity index (χ0n) is 10.9. The van der Waals surface area contributed by atoms with Gasteiger partial charge < -0.3 is 20.9 Å². The van der Waals surface area contributed by atoms with Crippen molar-refractivity contribution in [3.63, 3.8) is 0 Å². The van der Waals surface area contributed by atoms with Crippen LogP contribution in [-0.2, 0) is 4.74 Å². The summed E-state index contributed by atoms with van der Waals surface area (Å²) in [7, 11) is 0. The van der Waals surface area contributed by atoms with Crippen LogP contribution in [0, 0.1) is 5.92 Å². The van der Waals surface area contributed by atoms with Crippen molar-refractivity contribution in [2.24, 2.45) is 11.7 Å². The molecule has 0 spiro atoms. The molecule has 0 radical (unpaired) electrons. The highest BCUT2D eigenvalue weighted by Gasteiger charge is 2.29. The fraction of sp³-hybridized carbons (Fsp3) is 0.917. The van der Waals surface area contributed by atoms with E-state index >= 15 is 0 Å². The monoisotopic (exact) mass is 244 g/mol. The predicted molar refractivity (Wildman–Crippen MR) is 65.6 cm³/mol. The van der Waals surface area contributed by atoms with Crippen molar-refractivity contribution in [3.05, 3.63) is 0 Å². The average Bonchev–Trinajstić information content (AvgIpc) is 2.18. The molecule has 1 saturated carbocycles. The van der Waals surface area contributed by atoms with E-state index in [4.69, 9.17) is 10.5 Å². The van der Waals surface area contributed by atoms with Gasteiger partial charge in [-0.25, -0.2) is 4.79 Å². The normalized spacial score (nSPS) is 29.8. The van der Waals surface area contributed by atoms with Crippen molar-refractivity contribution in [2.75, 3.05) is 6.61 Å².